The number of benzene rings is 1. The van der Waals surface area contributed by atoms with E-state index < -0.39 is 5.54 Å². The summed E-state index contributed by atoms with van der Waals surface area (Å²) in [5.41, 5.74) is 0.625. The summed E-state index contributed by atoms with van der Waals surface area (Å²) in [6, 6.07) is 9.23. The van der Waals surface area contributed by atoms with E-state index >= 15 is 0 Å². The van der Waals surface area contributed by atoms with Crippen LogP contribution in [0.2, 0.25) is 5.02 Å². The van der Waals surface area contributed by atoms with Crippen molar-refractivity contribution in [3.8, 4) is 11.8 Å². The first-order chi connectivity index (χ1) is 14.8. The van der Waals surface area contributed by atoms with E-state index in [4.69, 9.17) is 16.6 Å². The monoisotopic (exact) mass is 472 g/mol. The van der Waals surface area contributed by atoms with Crippen LogP contribution in [0.25, 0.3) is 15.9 Å². The number of thioether (sulfide) groups is 1. The van der Waals surface area contributed by atoms with Crippen molar-refractivity contribution in [3.63, 3.8) is 0 Å². The number of amides is 1. The van der Waals surface area contributed by atoms with Crippen molar-refractivity contribution in [1.82, 2.24) is 14.9 Å². The van der Waals surface area contributed by atoms with Gasteiger partial charge in [0.1, 0.15) is 10.4 Å². The number of aryl methyl sites for hydroxylation is 2. The minimum Gasteiger partial charge on any atom is -0.337 e. The van der Waals surface area contributed by atoms with Gasteiger partial charge in [-0.25, -0.2) is 4.98 Å². The minimum absolute atomic E-state index is 0.0678. The van der Waals surface area contributed by atoms with E-state index in [1.165, 1.54) is 27.7 Å². The maximum atomic E-state index is 13.4. The van der Waals surface area contributed by atoms with Gasteiger partial charge in [0.05, 0.1) is 22.9 Å². The van der Waals surface area contributed by atoms with Crippen molar-refractivity contribution in [3.05, 3.63) is 50.1 Å². The number of halogens is 1. The third-order valence-corrected chi connectivity index (χ3v) is 7.93. The number of fused-ring (bicyclic) bond motifs is 1. The Hall–Kier alpha value is -2.34. The lowest BCUT2D eigenvalue weighted by Crippen LogP contribution is -2.45. The van der Waals surface area contributed by atoms with E-state index in [0.717, 1.165) is 23.3 Å². The molecule has 2 heterocycles. The van der Waals surface area contributed by atoms with Crippen molar-refractivity contribution in [2.24, 2.45) is 0 Å². The Bertz CT molecular complexity index is 1250. The van der Waals surface area contributed by atoms with Gasteiger partial charge >= 0.3 is 0 Å². The molecule has 0 aliphatic heterocycles. The van der Waals surface area contributed by atoms with Gasteiger partial charge in [-0.3, -0.25) is 14.2 Å². The highest BCUT2D eigenvalue weighted by Gasteiger charge is 2.35. The second kappa shape index (κ2) is 8.65. The van der Waals surface area contributed by atoms with Crippen molar-refractivity contribution in [2.45, 2.75) is 50.2 Å². The SMILES string of the molecule is Cc1sc2nc(SCC(=O)NC3(C#N)CCCC3)n(-c3ccc(Cl)cc3)c(=O)c2c1C. The number of aromatic nitrogens is 2. The Kier molecular flexibility index (Phi) is 6.11. The van der Waals surface area contributed by atoms with Gasteiger partial charge < -0.3 is 5.32 Å². The fourth-order valence-corrected chi connectivity index (χ4v) is 5.88. The van der Waals surface area contributed by atoms with Crippen molar-refractivity contribution in [2.75, 3.05) is 5.75 Å². The molecule has 1 aromatic carbocycles. The number of hydrogen-bond donors (Lipinski definition) is 1. The highest BCUT2D eigenvalue weighted by Crippen LogP contribution is 2.31. The number of nitrogens with zero attached hydrogens (tertiary/aromatic N) is 3. The van der Waals surface area contributed by atoms with Gasteiger partial charge in [0.15, 0.2) is 5.16 Å². The second-order valence-electron chi connectivity index (χ2n) is 7.71. The summed E-state index contributed by atoms with van der Waals surface area (Å²) in [5, 5.41) is 14.0. The molecule has 1 amide bonds. The molecule has 1 aliphatic rings. The molecular weight excluding hydrogens is 452 g/mol. The van der Waals surface area contributed by atoms with E-state index in [2.05, 4.69) is 11.4 Å². The van der Waals surface area contributed by atoms with Crippen molar-refractivity contribution >= 4 is 50.8 Å². The van der Waals surface area contributed by atoms with Gasteiger partial charge in [0.25, 0.3) is 5.56 Å². The van der Waals surface area contributed by atoms with Crippen LogP contribution in [0.15, 0.2) is 34.2 Å². The Balaban J connectivity index is 1.70. The summed E-state index contributed by atoms with van der Waals surface area (Å²) in [7, 11) is 0. The molecule has 0 unspecified atom stereocenters. The number of hydrogen-bond acceptors (Lipinski definition) is 6. The number of carbonyl (C=O) groups excluding carboxylic acids is 1. The lowest BCUT2D eigenvalue weighted by Gasteiger charge is -2.21. The average Bonchev–Trinajstić information content (AvgIpc) is 3.32. The third-order valence-electron chi connectivity index (χ3n) is 5.64. The van der Waals surface area contributed by atoms with Gasteiger partial charge in [-0.2, -0.15) is 5.26 Å². The van der Waals surface area contributed by atoms with Gasteiger partial charge in [0, 0.05) is 9.90 Å². The number of carbonyl (C=O) groups is 1. The summed E-state index contributed by atoms with van der Waals surface area (Å²) in [6.07, 6.45) is 3.22. The first kappa shape index (κ1) is 21.9. The zero-order valence-corrected chi connectivity index (χ0v) is 19.6. The van der Waals surface area contributed by atoms with Gasteiger partial charge in [-0.05, 0) is 69.4 Å². The molecule has 0 atom stereocenters. The maximum absolute atomic E-state index is 13.4. The molecule has 4 rings (SSSR count). The van der Waals surface area contributed by atoms with Gasteiger partial charge in [-0.1, -0.05) is 23.4 Å². The van der Waals surface area contributed by atoms with Crippen LogP contribution in [0.5, 0.6) is 0 Å². The largest absolute Gasteiger partial charge is 0.337 e. The Morgan fingerprint density at radius 1 is 1.32 bits per heavy atom. The summed E-state index contributed by atoms with van der Waals surface area (Å²) in [5.74, 6) is -0.165. The van der Waals surface area contributed by atoms with Crippen LogP contribution < -0.4 is 10.9 Å². The number of rotatable bonds is 5. The lowest BCUT2D eigenvalue weighted by molar-refractivity contribution is -0.119. The van der Waals surface area contributed by atoms with Crippen molar-refractivity contribution < 1.29 is 4.79 Å². The van der Waals surface area contributed by atoms with E-state index in [-0.39, 0.29) is 17.2 Å². The molecule has 2 aromatic heterocycles. The Morgan fingerprint density at radius 2 is 2.00 bits per heavy atom. The molecule has 1 saturated carbocycles. The predicted molar refractivity (Wildman–Crippen MR) is 125 cm³/mol. The number of nitriles is 1. The van der Waals surface area contributed by atoms with E-state index in [9.17, 15) is 14.9 Å². The molecule has 0 saturated heterocycles. The highest BCUT2D eigenvalue weighted by atomic mass is 35.5. The molecule has 9 heteroatoms. The van der Waals surface area contributed by atoms with Crippen LogP contribution in [0.1, 0.15) is 36.1 Å². The molecular formula is C22H21ClN4O2S2. The normalized spacial score (nSPS) is 15.2. The highest BCUT2D eigenvalue weighted by molar-refractivity contribution is 7.99. The second-order valence-corrected chi connectivity index (χ2v) is 10.3. The smallest absolute Gasteiger partial charge is 0.267 e. The van der Waals surface area contributed by atoms with Gasteiger partial charge in [0.2, 0.25) is 5.91 Å². The number of thiophene rings is 1. The topological polar surface area (TPSA) is 87.8 Å². The molecule has 6 nitrogen and oxygen atoms in total. The maximum Gasteiger partial charge on any atom is 0.267 e. The molecule has 31 heavy (non-hydrogen) atoms. The first-order valence-electron chi connectivity index (χ1n) is 9.97. The number of nitrogens with one attached hydrogen (secondary N) is 1. The average molecular weight is 473 g/mol. The van der Waals surface area contributed by atoms with Gasteiger partial charge in [-0.15, -0.1) is 11.3 Å². The molecule has 160 valence electrons. The molecule has 0 radical (unpaired) electrons. The fourth-order valence-electron chi connectivity index (χ4n) is 3.87. The zero-order valence-electron chi connectivity index (χ0n) is 17.2. The molecule has 1 fully saturated rings. The standard InChI is InChI=1S/C22H21ClN4O2S2/c1-13-14(2)31-19-18(13)20(29)27(16-7-5-15(23)6-8-16)21(25-19)30-11-17(28)26-22(12-24)9-3-4-10-22/h5-8H,3-4,9-11H2,1-2H3,(H,26,28). The molecule has 1 N–H and O–H groups in total. The van der Waals surface area contributed by atoms with E-state index in [1.807, 2.05) is 13.8 Å². The summed E-state index contributed by atoms with van der Waals surface area (Å²) < 4.78 is 1.53. The van der Waals surface area contributed by atoms with Crippen LogP contribution in [0.3, 0.4) is 0 Å². The predicted octanol–water partition coefficient (Wildman–Crippen LogP) is 4.76. The van der Waals surface area contributed by atoms with E-state index in [0.29, 0.717) is 38.9 Å². The van der Waals surface area contributed by atoms with E-state index in [1.54, 1.807) is 24.3 Å². The quantitative estimate of drug-likeness (QED) is 0.427. The van der Waals surface area contributed by atoms with Crippen LogP contribution in [0.4, 0.5) is 0 Å². The zero-order chi connectivity index (χ0) is 22.2. The molecule has 1 aliphatic carbocycles. The van der Waals surface area contributed by atoms with Crippen LogP contribution in [-0.2, 0) is 4.79 Å². The first-order valence-corrected chi connectivity index (χ1v) is 12.2. The summed E-state index contributed by atoms with van der Waals surface area (Å²) in [6.45, 7) is 3.89. The fraction of sp³-hybridized carbons (Fsp3) is 0.364. The Labute approximate surface area is 193 Å². The van der Waals surface area contributed by atoms with Crippen LogP contribution >= 0.6 is 34.7 Å². The third kappa shape index (κ3) is 4.22. The van der Waals surface area contributed by atoms with Crippen molar-refractivity contribution in [1.29, 1.82) is 5.26 Å². The summed E-state index contributed by atoms with van der Waals surface area (Å²) >= 11 is 8.70. The molecule has 0 bridgehead atoms. The minimum atomic E-state index is -0.771. The lowest BCUT2D eigenvalue weighted by atomic mass is 10.0. The molecule has 0 spiro atoms. The van der Waals surface area contributed by atoms with Crippen LogP contribution in [-0.4, -0.2) is 26.8 Å². The molecule has 3 aromatic rings. The van der Waals surface area contributed by atoms with Crippen LogP contribution in [0, 0.1) is 25.2 Å². The summed E-state index contributed by atoms with van der Waals surface area (Å²) in [4.78, 5) is 32.5. The Morgan fingerprint density at radius 3 is 2.65 bits per heavy atom.